The molecule has 0 saturated heterocycles. The SMILES string of the molecule is CCN(C(C)C)S(=O)(=O)c1ccc(C(=O)O)cn1. The second-order valence-electron chi connectivity index (χ2n) is 3.99. The second kappa shape index (κ2) is 5.45. The van der Waals surface area contributed by atoms with Crippen molar-refractivity contribution in [2.75, 3.05) is 6.54 Å². The number of aromatic carboxylic acids is 1. The van der Waals surface area contributed by atoms with Crippen LogP contribution in [-0.4, -0.2) is 41.4 Å². The van der Waals surface area contributed by atoms with Crippen molar-refractivity contribution in [2.24, 2.45) is 0 Å². The van der Waals surface area contributed by atoms with Gasteiger partial charge < -0.3 is 5.11 Å². The predicted molar refractivity (Wildman–Crippen MR) is 65.9 cm³/mol. The van der Waals surface area contributed by atoms with Gasteiger partial charge in [0.15, 0.2) is 5.03 Å². The van der Waals surface area contributed by atoms with Gasteiger partial charge in [-0.3, -0.25) is 0 Å². The summed E-state index contributed by atoms with van der Waals surface area (Å²) < 4.78 is 25.7. The first-order valence-corrected chi connectivity index (χ1v) is 6.96. The largest absolute Gasteiger partial charge is 0.478 e. The summed E-state index contributed by atoms with van der Waals surface area (Å²) in [6.07, 6.45) is 1.05. The summed E-state index contributed by atoms with van der Waals surface area (Å²) in [5.74, 6) is -1.14. The van der Waals surface area contributed by atoms with E-state index in [1.54, 1.807) is 20.8 Å². The quantitative estimate of drug-likeness (QED) is 0.870. The van der Waals surface area contributed by atoms with Crippen molar-refractivity contribution in [3.63, 3.8) is 0 Å². The number of aromatic nitrogens is 1. The molecule has 0 fully saturated rings. The number of carboxylic acids is 1. The first kappa shape index (κ1) is 14.6. The zero-order valence-corrected chi connectivity index (χ0v) is 11.3. The molecule has 0 aliphatic heterocycles. The normalized spacial score (nSPS) is 12.1. The Morgan fingerprint density at radius 2 is 2.06 bits per heavy atom. The zero-order valence-electron chi connectivity index (χ0n) is 10.5. The van der Waals surface area contributed by atoms with Crippen molar-refractivity contribution in [1.29, 1.82) is 0 Å². The summed E-state index contributed by atoms with van der Waals surface area (Å²) in [4.78, 5) is 14.4. The first-order chi connectivity index (χ1) is 8.30. The van der Waals surface area contributed by atoms with E-state index in [1.807, 2.05) is 0 Å². The van der Waals surface area contributed by atoms with Gasteiger partial charge in [-0.05, 0) is 26.0 Å². The summed E-state index contributed by atoms with van der Waals surface area (Å²) in [7, 11) is -3.66. The standard InChI is InChI=1S/C11H16N2O4S/c1-4-13(8(2)3)18(16,17)10-6-5-9(7-12-10)11(14)15/h5-8H,4H2,1-3H3,(H,14,15). The molecule has 18 heavy (non-hydrogen) atoms. The fourth-order valence-electron chi connectivity index (χ4n) is 1.59. The minimum absolute atomic E-state index is 0.0402. The number of nitrogens with zero attached hydrogens (tertiary/aromatic N) is 2. The maximum Gasteiger partial charge on any atom is 0.337 e. The highest BCUT2D eigenvalue weighted by molar-refractivity contribution is 7.89. The van der Waals surface area contributed by atoms with Gasteiger partial charge in [0, 0.05) is 18.8 Å². The number of sulfonamides is 1. The van der Waals surface area contributed by atoms with Crippen molar-refractivity contribution in [2.45, 2.75) is 31.8 Å². The summed E-state index contributed by atoms with van der Waals surface area (Å²) in [6, 6.07) is 2.26. The van der Waals surface area contributed by atoms with Crippen LogP contribution < -0.4 is 0 Å². The van der Waals surface area contributed by atoms with Gasteiger partial charge in [-0.1, -0.05) is 6.92 Å². The molecule has 1 heterocycles. The summed E-state index contributed by atoms with van der Waals surface area (Å²) in [5.41, 5.74) is -0.0402. The monoisotopic (exact) mass is 272 g/mol. The third-order valence-electron chi connectivity index (χ3n) is 2.44. The topological polar surface area (TPSA) is 87.6 Å². The Morgan fingerprint density at radius 1 is 1.44 bits per heavy atom. The van der Waals surface area contributed by atoms with Crippen LogP contribution >= 0.6 is 0 Å². The molecule has 0 aliphatic carbocycles. The van der Waals surface area contributed by atoms with Crippen LogP contribution in [0.4, 0.5) is 0 Å². The number of rotatable bonds is 5. The minimum atomic E-state index is -3.66. The van der Waals surface area contributed by atoms with Crippen LogP contribution in [0.3, 0.4) is 0 Å². The Bertz CT molecular complexity index is 522. The zero-order chi connectivity index (χ0) is 13.9. The third kappa shape index (κ3) is 2.85. The van der Waals surface area contributed by atoms with Gasteiger partial charge in [-0.25, -0.2) is 18.2 Å². The van der Waals surface area contributed by atoms with Crippen molar-refractivity contribution >= 4 is 16.0 Å². The van der Waals surface area contributed by atoms with E-state index >= 15 is 0 Å². The van der Waals surface area contributed by atoms with Crippen LogP contribution in [0.15, 0.2) is 23.4 Å². The Labute approximate surface area is 106 Å². The molecule has 0 aliphatic rings. The molecule has 0 radical (unpaired) electrons. The lowest BCUT2D eigenvalue weighted by Gasteiger charge is -2.23. The van der Waals surface area contributed by atoms with Crippen molar-refractivity contribution in [3.8, 4) is 0 Å². The number of pyridine rings is 1. The molecule has 100 valence electrons. The van der Waals surface area contributed by atoms with Crippen LogP contribution in [0, 0.1) is 0 Å². The van der Waals surface area contributed by atoms with Crippen LogP contribution in [0.1, 0.15) is 31.1 Å². The second-order valence-corrected chi connectivity index (χ2v) is 5.83. The molecule has 0 amide bonds. The Hall–Kier alpha value is -1.47. The number of carbonyl (C=O) groups is 1. The van der Waals surface area contributed by atoms with Gasteiger partial charge in [0.1, 0.15) is 0 Å². The molecular weight excluding hydrogens is 256 g/mol. The average Bonchev–Trinajstić information content (AvgIpc) is 2.29. The van der Waals surface area contributed by atoms with Gasteiger partial charge in [0.25, 0.3) is 10.0 Å². The smallest absolute Gasteiger partial charge is 0.337 e. The Balaban J connectivity index is 3.16. The fraction of sp³-hybridized carbons (Fsp3) is 0.455. The van der Waals surface area contributed by atoms with Gasteiger partial charge in [0.05, 0.1) is 5.56 Å². The van der Waals surface area contributed by atoms with E-state index < -0.39 is 16.0 Å². The van der Waals surface area contributed by atoms with Gasteiger partial charge >= 0.3 is 5.97 Å². The molecule has 1 aromatic rings. The molecule has 6 nitrogen and oxygen atoms in total. The highest BCUT2D eigenvalue weighted by Crippen LogP contribution is 2.16. The molecule has 0 unspecified atom stereocenters. The highest BCUT2D eigenvalue weighted by Gasteiger charge is 2.26. The predicted octanol–water partition coefficient (Wildman–Crippen LogP) is 1.20. The van der Waals surface area contributed by atoms with Crippen molar-refractivity contribution < 1.29 is 18.3 Å². The molecule has 0 bridgehead atoms. The molecule has 0 spiro atoms. The molecular formula is C11H16N2O4S. The molecule has 0 aromatic carbocycles. The van der Waals surface area contributed by atoms with Crippen molar-refractivity contribution in [1.82, 2.24) is 9.29 Å². The van der Waals surface area contributed by atoms with Crippen LogP contribution in [0.25, 0.3) is 0 Å². The molecule has 1 aromatic heterocycles. The van der Waals surface area contributed by atoms with Crippen LogP contribution in [0.2, 0.25) is 0 Å². The first-order valence-electron chi connectivity index (χ1n) is 5.52. The molecule has 0 atom stereocenters. The van der Waals surface area contributed by atoms with E-state index in [-0.39, 0.29) is 16.6 Å². The lowest BCUT2D eigenvalue weighted by atomic mass is 10.3. The average molecular weight is 272 g/mol. The highest BCUT2D eigenvalue weighted by atomic mass is 32.2. The minimum Gasteiger partial charge on any atom is -0.478 e. The molecule has 1 N–H and O–H groups in total. The van der Waals surface area contributed by atoms with Gasteiger partial charge in [-0.2, -0.15) is 4.31 Å². The van der Waals surface area contributed by atoms with E-state index in [1.165, 1.54) is 16.4 Å². The number of hydrogen-bond acceptors (Lipinski definition) is 4. The number of carboxylic acid groups (broad SMARTS) is 1. The fourth-order valence-corrected chi connectivity index (χ4v) is 3.15. The third-order valence-corrected chi connectivity index (χ3v) is 4.51. The van der Waals surface area contributed by atoms with E-state index in [4.69, 9.17) is 5.11 Å². The van der Waals surface area contributed by atoms with E-state index in [0.29, 0.717) is 6.54 Å². The molecule has 0 saturated carbocycles. The van der Waals surface area contributed by atoms with E-state index in [2.05, 4.69) is 4.98 Å². The van der Waals surface area contributed by atoms with E-state index in [0.717, 1.165) is 6.20 Å². The van der Waals surface area contributed by atoms with Gasteiger partial charge in [-0.15, -0.1) is 0 Å². The van der Waals surface area contributed by atoms with Crippen LogP contribution in [-0.2, 0) is 10.0 Å². The van der Waals surface area contributed by atoms with Gasteiger partial charge in [0.2, 0.25) is 0 Å². The Morgan fingerprint density at radius 3 is 2.39 bits per heavy atom. The lowest BCUT2D eigenvalue weighted by Crippen LogP contribution is -2.37. The molecule has 7 heteroatoms. The summed E-state index contributed by atoms with van der Waals surface area (Å²) in [5, 5.41) is 8.59. The summed E-state index contributed by atoms with van der Waals surface area (Å²) >= 11 is 0. The van der Waals surface area contributed by atoms with Crippen molar-refractivity contribution in [3.05, 3.63) is 23.9 Å². The van der Waals surface area contributed by atoms with E-state index in [9.17, 15) is 13.2 Å². The summed E-state index contributed by atoms with van der Waals surface area (Å²) in [6.45, 7) is 5.62. The Kier molecular flexibility index (Phi) is 4.42. The maximum absolute atomic E-state index is 12.2. The lowest BCUT2D eigenvalue weighted by molar-refractivity contribution is 0.0696. The maximum atomic E-state index is 12.2. The molecule has 1 rings (SSSR count). The van der Waals surface area contributed by atoms with Crippen LogP contribution in [0.5, 0.6) is 0 Å². The number of hydrogen-bond donors (Lipinski definition) is 1.